The van der Waals surface area contributed by atoms with E-state index >= 15 is 0 Å². The fourth-order valence-corrected chi connectivity index (χ4v) is 1.88. The predicted octanol–water partition coefficient (Wildman–Crippen LogP) is -0.977. The Balaban J connectivity index is 2.29. The molecule has 0 amide bonds. The summed E-state index contributed by atoms with van der Waals surface area (Å²) in [5, 5.41) is 22.3. The lowest BCUT2D eigenvalue weighted by Gasteiger charge is -2.28. The van der Waals surface area contributed by atoms with Gasteiger partial charge in [-0.1, -0.05) is 0 Å². The molecule has 0 bridgehead atoms. The number of nitrogens with one attached hydrogen (secondary N) is 1. The molecule has 2 atom stereocenters. The summed E-state index contributed by atoms with van der Waals surface area (Å²) < 4.78 is 0. The average Bonchev–Trinajstić information content (AvgIpc) is 2.33. The molecule has 0 aromatic rings. The first kappa shape index (κ1) is 10.9. The van der Waals surface area contributed by atoms with Gasteiger partial charge in [0.2, 0.25) is 0 Å². The highest BCUT2D eigenvalue weighted by molar-refractivity contribution is 4.90. The van der Waals surface area contributed by atoms with Crippen LogP contribution in [0.4, 0.5) is 0 Å². The number of rotatable bonds is 4. The van der Waals surface area contributed by atoms with Crippen molar-refractivity contribution in [2.24, 2.45) is 0 Å². The van der Waals surface area contributed by atoms with Gasteiger partial charge in [0, 0.05) is 19.6 Å². The Morgan fingerprint density at radius 3 is 2.77 bits per heavy atom. The minimum atomic E-state index is -0.594. The maximum Gasteiger partial charge on any atom is 0.0909 e. The van der Waals surface area contributed by atoms with Gasteiger partial charge >= 0.3 is 0 Å². The molecule has 1 fully saturated rings. The summed E-state index contributed by atoms with van der Waals surface area (Å²) in [5.74, 6) is 0. The maximum atomic E-state index is 9.99. The first-order chi connectivity index (χ1) is 6.02. The van der Waals surface area contributed by atoms with Crippen molar-refractivity contribution in [1.29, 1.82) is 0 Å². The summed E-state index contributed by atoms with van der Waals surface area (Å²) in [6, 6.07) is 0. The average molecular weight is 188 g/mol. The van der Waals surface area contributed by atoms with Crippen LogP contribution >= 0.6 is 0 Å². The number of nitrogens with zero attached hydrogens (tertiary/aromatic N) is 1. The normalized spacial score (nSPS) is 31.2. The molecule has 4 nitrogen and oxygen atoms in total. The van der Waals surface area contributed by atoms with Crippen molar-refractivity contribution in [2.45, 2.75) is 25.0 Å². The van der Waals surface area contributed by atoms with E-state index in [1.54, 1.807) is 6.92 Å². The van der Waals surface area contributed by atoms with Gasteiger partial charge in [0.15, 0.2) is 0 Å². The maximum absolute atomic E-state index is 9.99. The van der Waals surface area contributed by atoms with Crippen molar-refractivity contribution < 1.29 is 10.2 Å². The minimum Gasteiger partial charge on any atom is -0.392 e. The molecule has 13 heavy (non-hydrogen) atoms. The number of hydrogen-bond acceptors (Lipinski definition) is 4. The highest BCUT2D eigenvalue weighted by Crippen LogP contribution is 2.15. The van der Waals surface area contributed by atoms with E-state index in [-0.39, 0.29) is 6.10 Å². The molecule has 1 aliphatic heterocycles. The summed E-state index contributed by atoms with van der Waals surface area (Å²) in [6.45, 7) is 4.55. The molecule has 3 N–H and O–H groups in total. The second-order valence-corrected chi connectivity index (χ2v) is 4.20. The molecule has 4 heteroatoms. The number of aliphatic hydroxyl groups excluding tert-OH is 1. The molecule has 1 aliphatic rings. The van der Waals surface area contributed by atoms with E-state index in [9.17, 15) is 5.11 Å². The van der Waals surface area contributed by atoms with E-state index in [0.717, 1.165) is 13.0 Å². The van der Waals surface area contributed by atoms with Gasteiger partial charge in [-0.2, -0.15) is 0 Å². The minimum absolute atomic E-state index is 0.331. The third-order valence-corrected chi connectivity index (χ3v) is 2.36. The van der Waals surface area contributed by atoms with E-state index in [4.69, 9.17) is 5.11 Å². The van der Waals surface area contributed by atoms with E-state index in [1.165, 1.54) is 0 Å². The summed E-state index contributed by atoms with van der Waals surface area (Å²) in [7, 11) is 1.92. The summed E-state index contributed by atoms with van der Waals surface area (Å²) in [6.07, 6.45) is 0.472. The van der Waals surface area contributed by atoms with Crippen molar-refractivity contribution >= 4 is 0 Å². The molecular formula is C9H20N2O2. The van der Waals surface area contributed by atoms with E-state index in [0.29, 0.717) is 19.6 Å². The largest absolute Gasteiger partial charge is 0.392 e. The Morgan fingerprint density at radius 2 is 2.31 bits per heavy atom. The standard InChI is InChI=1S/C9H20N2O2/c1-8(12)5-11(2)7-9(13)3-4-10-6-9/h8,10,12-13H,3-7H2,1-2H3. The molecular weight excluding hydrogens is 168 g/mol. The highest BCUT2D eigenvalue weighted by Gasteiger charge is 2.32. The Bertz CT molecular complexity index is 156. The van der Waals surface area contributed by atoms with Crippen LogP contribution in [-0.2, 0) is 0 Å². The van der Waals surface area contributed by atoms with Gasteiger partial charge in [-0.25, -0.2) is 0 Å². The van der Waals surface area contributed by atoms with Crippen LogP contribution in [0.5, 0.6) is 0 Å². The Morgan fingerprint density at radius 1 is 1.62 bits per heavy atom. The molecule has 0 aromatic heterocycles. The van der Waals surface area contributed by atoms with Gasteiger partial charge in [-0.05, 0) is 26.9 Å². The fourth-order valence-electron chi connectivity index (χ4n) is 1.88. The molecule has 78 valence electrons. The molecule has 0 aliphatic carbocycles. The van der Waals surface area contributed by atoms with Crippen LogP contribution in [0.1, 0.15) is 13.3 Å². The lowest BCUT2D eigenvalue weighted by atomic mass is 10.0. The zero-order valence-electron chi connectivity index (χ0n) is 8.45. The molecule has 1 saturated heterocycles. The van der Waals surface area contributed by atoms with Crippen LogP contribution in [0.25, 0.3) is 0 Å². The molecule has 1 heterocycles. The van der Waals surface area contributed by atoms with Crippen LogP contribution in [0.2, 0.25) is 0 Å². The van der Waals surface area contributed by atoms with Crippen LogP contribution < -0.4 is 5.32 Å². The second kappa shape index (κ2) is 4.37. The van der Waals surface area contributed by atoms with Crippen molar-refractivity contribution in [3.05, 3.63) is 0 Å². The number of β-amino-alcohol motifs (C(OH)–C–C–N with tert-alkyl or cyclic N) is 1. The van der Waals surface area contributed by atoms with Crippen LogP contribution in [0.3, 0.4) is 0 Å². The van der Waals surface area contributed by atoms with Crippen LogP contribution in [0, 0.1) is 0 Å². The quantitative estimate of drug-likeness (QED) is 0.531. The Labute approximate surface area is 79.6 Å². The van der Waals surface area contributed by atoms with Gasteiger partial charge in [0.25, 0.3) is 0 Å². The highest BCUT2D eigenvalue weighted by atomic mass is 16.3. The third kappa shape index (κ3) is 3.60. The van der Waals surface area contributed by atoms with Gasteiger partial charge in [-0.15, -0.1) is 0 Å². The molecule has 0 saturated carbocycles. The van der Waals surface area contributed by atoms with E-state index < -0.39 is 5.60 Å². The molecule has 1 rings (SSSR count). The Hall–Kier alpha value is -0.160. The van der Waals surface area contributed by atoms with Gasteiger partial charge < -0.3 is 20.4 Å². The lowest BCUT2D eigenvalue weighted by Crippen LogP contribution is -2.44. The van der Waals surface area contributed by atoms with Gasteiger partial charge in [-0.3, -0.25) is 0 Å². The van der Waals surface area contributed by atoms with Crippen molar-refractivity contribution in [3.8, 4) is 0 Å². The lowest BCUT2D eigenvalue weighted by molar-refractivity contribution is 0.0174. The second-order valence-electron chi connectivity index (χ2n) is 4.20. The summed E-state index contributed by atoms with van der Waals surface area (Å²) in [5.41, 5.74) is -0.594. The molecule has 2 unspecified atom stereocenters. The molecule has 0 spiro atoms. The summed E-state index contributed by atoms with van der Waals surface area (Å²) >= 11 is 0. The number of aliphatic hydroxyl groups is 2. The van der Waals surface area contributed by atoms with Crippen LogP contribution in [0.15, 0.2) is 0 Å². The number of hydrogen-bond donors (Lipinski definition) is 3. The van der Waals surface area contributed by atoms with Crippen molar-refractivity contribution in [3.63, 3.8) is 0 Å². The SMILES string of the molecule is CC(O)CN(C)CC1(O)CCNC1. The predicted molar refractivity (Wildman–Crippen MR) is 51.6 cm³/mol. The fraction of sp³-hybridized carbons (Fsp3) is 1.00. The van der Waals surface area contributed by atoms with Gasteiger partial charge in [0.1, 0.15) is 0 Å². The van der Waals surface area contributed by atoms with Crippen LogP contribution in [-0.4, -0.2) is 60.0 Å². The molecule has 0 radical (unpaired) electrons. The first-order valence-corrected chi connectivity index (χ1v) is 4.81. The summed E-state index contributed by atoms with van der Waals surface area (Å²) in [4.78, 5) is 1.97. The van der Waals surface area contributed by atoms with Gasteiger partial charge in [0.05, 0.1) is 11.7 Å². The Kier molecular flexibility index (Phi) is 3.67. The molecule has 0 aromatic carbocycles. The monoisotopic (exact) mass is 188 g/mol. The van der Waals surface area contributed by atoms with Crippen molar-refractivity contribution in [1.82, 2.24) is 10.2 Å². The number of likely N-dealkylation sites (N-methyl/N-ethyl adjacent to an activating group) is 1. The smallest absolute Gasteiger partial charge is 0.0909 e. The van der Waals surface area contributed by atoms with Crippen molar-refractivity contribution in [2.75, 3.05) is 33.2 Å². The first-order valence-electron chi connectivity index (χ1n) is 4.81. The zero-order chi connectivity index (χ0) is 9.90. The third-order valence-electron chi connectivity index (χ3n) is 2.36. The van der Waals surface area contributed by atoms with E-state index in [1.807, 2.05) is 11.9 Å². The zero-order valence-corrected chi connectivity index (χ0v) is 8.45. The topological polar surface area (TPSA) is 55.7 Å². The van der Waals surface area contributed by atoms with E-state index in [2.05, 4.69) is 5.32 Å².